The number of carbonyl (C=O) groups is 1. The Morgan fingerprint density at radius 3 is 2.87 bits per heavy atom. The smallest absolute Gasteiger partial charge is 0.180 e. The van der Waals surface area contributed by atoms with Crippen molar-refractivity contribution in [1.82, 2.24) is 0 Å². The number of Topliss-reactive ketones (excluding diaryl/α,β-unsaturated/α-hetero) is 1. The van der Waals surface area contributed by atoms with Crippen LogP contribution in [-0.4, -0.2) is 18.4 Å². The van der Waals surface area contributed by atoms with Crippen molar-refractivity contribution < 1.29 is 13.9 Å². The Morgan fingerprint density at radius 1 is 1.53 bits per heavy atom. The van der Waals surface area contributed by atoms with E-state index in [0.717, 1.165) is 12.8 Å². The van der Waals surface area contributed by atoms with E-state index >= 15 is 0 Å². The first-order chi connectivity index (χ1) is 7.20. The predicted molar refractivity (Wildman–Crippen MR) is 53.4 cm³/mol. The topological polar surface area (TPSA) is 52.3 Å². The third-order valence-corrected chi connectivity index (χ3v) is 2.25. The monoisotopic (exact) mass is 209 g/mol. The van der Waals surface area contributed by atoms with E-state index in [2.05, 4.69) is 0 Å². The van der Waals surface area contributed by atoms with E-state index < -0.39 is 5.82 Å². The zero-order chi connectivity index (χ0) is 10.8. The van der Waals surface area contributed by atoms with Crippen LogP contribution in [0.5, 0.6) is 5.75 Å². The van der Waals surface area contributed by atoms with Gasteiger partial charge in [-0.05, 0) is 31.0 Å². The molecule has 0 amide bonds. The number of hydrogen-bond acceptors (Lipinski definition) is 3. The highest BCUT2D eigenvalue weighted by atomic mass is 19.1. The average Bonchev–Trinajstić information content (AvgIpc) is 3.03. The van der Waals surface area contributed by atoms with Gasteiger partial charge in [0.05, 0.1) is 18.2 Å². The molecule has 80 valence electrons. The molecule has 0 atom stereocenters. The van der Waals surface area contributed by atoms with E-state index in [1.165, 1.54) is 18.2 Å². The highest BCUT2D eigenvalue weighted by molar-refractivity contribution is 6.00. The molecule has 1 aliphatic carbocycles. The first-order valence-electron chi connectivity index (χ1n) is 4.90. The molecule has 0 saturated heterocycles. The van der Waals surface area contributed by atoms with E-state index in [4.69, 9.17) is 10.5 Å². The van der Waals surface area contributed by atoms with E-state index in [0.29, 0.717) is 5.75 Å². The van der Waals surface area contributed by atoms with Gasteiger partial charge in [0.1, 0.15) is 11.6 Å². The molecule has 4 heteroatoms. The molecular weight excluding hydrogens is 197 g/mol. The molecule has 0 spiro atoms. The quantitative estimate of drug-likeness (QED) is 0.765. The minimum atomic E-state index is -0.449. The number of halogens is 1. The van der Waals surface area contributed by atoms with Gasteiger partial charge in [-0.25, -0.2) is 4.39 Å². The van der Waals surface area contributed by atoms with Gasteiger partial charge in [-0.2, -0.15) is 0 Å². The van der Waals surface area contributed by atoms with Crippen LogP contribution in [-0.2, 0) is 0 Å². The summed E-state index contributed by atoms with van der Waals surface area (Å²) in [6.45, 7) is -0.134. The van der Waals surface area contributed by atoms with Crippen molar-refractivity contribution in [3.63, 3.8) is 0 Å². The number of ketones is 1. The second-order valence-electron chi connectivity index (χ2n) is 3.58. The van der Waals surface area contributed by atoms with Crippen molar-refractivity contribution in [3.05, 3.63) is 29.6 Å². The Morgan fingerprint density at radius 2 is 2.27 bits per heavy atom. The molecule has 15 heavy (non-hydrogen) atoms. The minimum Gasteiger partial charge on any atom is -0.490 e. The lowest BCUT2D eigenvalue weighted by molar-refractivity contribution is 0.0996. The fraction of sp³-hybridized carbons (Fsp3) is 0.364. The van der Waals surface area contributed by atoms with Crippen LogP contribution in [0.2, 0.25) is 0 Å². The van der Waals surface area contributed by atoms with Gasteiger partial charge in [-0.1, -0.05) is 0 Å². The molecule has 1 aromatic rings. The Hall–Kier alpha value is -1.42. The third kappa shape index (κ3) is 2.33. The average molecular weight is 209 g/mol. The summed E-state index contributed by atoms with van der Waals surface area (Å²) < 4.78 is 18.4. The van der Waals surface area contributed by atoms with Crippen LogP contribution in [0.15, 0.2) is 18.2 Å². The summed E-state index contributed by atoms with van der Waals surface area (Å²) >= 11 is 0. The molecular formula is C11H12FNO2. The highest BCUT2D eigenvalue weighted by Gasteiger charge is 2.25. The largest absolute Gasteiger partial charge is 0.490 e. The second kappa shape index (κ2) is 3.98. The lowest BCUT2D eigenvalue weighted by Crippen LogP contribution is -2.15. The van der Waals surface area contributed by atoms with Crippen molar-refractivity contribution in [3.8, 4) is 5.75 Å². The molecule has 2 rings (SSSR count). The number of benzene rings is 1. The van der Waals surface area contributed by atoms with Crippen LogP contribution in [0.25, 0.3) is 0 Å². The lowest BCUT2D eigenvalue weighted by Gasteiger charge is -2.09. The maximum absolute atomic E-state index is 12.9. The SMILES string of the molecule is NCC(=O)c1cc(F)ccc1OC1CC1. The minimum absolute atomic E-state index is 0.134. The maximum Gasteiger partial charge on any atom is 0.180 e. The third-order valence-electron chi connectivity index (χ3n) is 2.25. The summed E-state index contributed by atoms with van der Waals surface area (Å²) in [7, 11) is 0. The van der Waals surface area contributed by atoms with Crippen molar-refractivity contribution in [2.45, 2.75) is 18.9 Å². The second-order valence-corrected chi connectivity index (χ2v) is 3.58. The van der Waals surface area contributed by atoms with Crippen molar-refractivity contribution in [2.75, 3.05) is 6.54 Å². The first-order valence-corrected chi connectivity index (χ1v) is 4.90. The zero-order valence-corrected chi connectivity index (χ0v) is 8.20. The number of ether oxygens (including phenoxy) is 1. The molecule has 0 unspecified atom stereocenters. The number of rotatable bonds is 4. The van der Waals surface area contributed by atoms with Gasteiger partial charge in [0.2, 0.25) is 0 Å². The van der Waals surface area contributed by atoms with Crippen molar-refractivity contribution in [1.29, 1.82) is 0 Å². The van der Waals surface area contributed by atoms with Gasteiger partial charge >= 0.3 is 0 Å². The highest BCUT2D eigenvalue weighted by Crippen LogP contribution is 2.29. The molecule has 0 aliphatic heterocycles. The normalized spacial score (nSPS) is 15.1. The summed E-state index contributed by atoms with van der Waals surface area (Å²) in [4.78, 5) is 11.4. The first kappa shape index (κ1) is 10.1. The molecule has 1 saturated carbocycles. The summed E-state index contributed by atoms with van der Waals surface area (Å²) in [5.41, 5.74) is 5.48. The predicted octanol–water partition coefficient (Wildman–Crippen LogP) is 1.51. The molecule has 1 aromatic carbocycles. The molecule has 0 bridgehead atoms. The van der Waals surface area contributed by atoms with Gasteiger partial charge in [-0.15, -0.1) is 0 Å². The van der Waals surface area contributed by atoms with E-state index in [9.17, 15) is 9.18 Å². The molecule has 1 fully saturated rings. The van der Waals surface area contributed by atoms with E-state index in [1.54, 1.807) is 0 Å². The number of hydrogen-bond donors (Lipinski definition) is 1. The van der Waals surface area contributed by atoms with Gasteiger partial charge in [0.15, 0.2) is 5.78 Å². The van der Waals surface area contributed by atoms with Crippen LogP contribution in [0.4, 0.5) is 4.39 Å². The molecule has 0 radical (unpaired) electrons. The fourth-order valence-electron chi connectivity index (χ4n) is 1.30. The van der Waals surface area contributed by atoms with E-state index in [1.807, 2.05) is 0 Å². The maximum atomic E-state index is 12.9. The Kier molecular flexibility index (Phi) is 2.68. The van der Waals surface area contributed by atoms with Crippen LogP contribution < -0.4 is 10.5 Å². The molecule has 3 nitrogen and oxygen atoms in total. The lowest BCUT2D eigenvalue weighted by atomic mass is 10.1. The van der Waals surface area contributed by atoms with E-state index in [-0.39, 0.29) is 24.0 Å². The number of nitrogens with two attached hydrogens (primary N) is 1. The molecule has 0 aromatic heterocycles. The fourth-order valence-corrected chi connectivity index (χ4v) is 1.30. The molecule has 1 aliphatic rings. The van der Waals surface area contributed by atoms with Crippen LogP contribution in [0.3, 0.4) is 0 Å². The Bertz CT molecular complexity index is 388. The van der Waals surface area contributed by atoms with Crippen molar-refractivity contribution in [2.24, 2.45) is 5.73 Å². The number of carbonyl (C=O) groups excluding carboxylic acids is 1. The summed E-state index contributed by atoms with van der Waals surface area (Å²) in [5, 5.41) is 0. The van der Waals surface area contributed by atoms with Gasteiger partial charge in [0.25, 0.3) is 0 Å². The Balaban J connectivity index is 2.29. The molecule has 0 heterocycles. The van der Waals surface area contributed by atoms with Crippen LogP contribution in [0.1, 0.15) is 23.2 Å². The van der Waals surface area contributed by atoms with Crippen molar-refractivity contribution >= 4 is 5.78 Å². The summed E-state index contributed by atoms with van der Waals surface area (Å²) in [5.74, 6) is -0.311. The zero-order valence-electron chi connectivity index (χ0n) is 8.20. The van der Waals surface area contributed by atoms with Crippen LogP contribution >= 0.6 is 0 Å². The Labute approximate surface area is 87.0 Å². The standard InChI is InChI=1S/C11H12FNO2/c12-7-1-4-11(15-8-2-3-8)9(5-7)10(14)6-13/h1,4-5,8H,2-3,6,13H2. The van der Waals surface area contributed by atoms with Gasteiger partial charge in [-0.3, -0.25) is 4.79 Å². The van der Waals surface area contributed by atoms with Crippen LogP contribution in [0, 0.1) is 5.82 Å². The summed E-state index contributed by atoms with van der Waals surface area (Å²) in [6.07, 6.45) is 2.17. The summed E-state index contributed by atoms with van der Waals surface area (Å²) in [6, 6.07) is 3.94. The molecule has 2 N–H and O–H groups in total. The van der Waals surface area contributed by atoms with Gasteiger partial charge in [0, 0.05) is 0 Å². The van der Waals surface area contributed by atoms with Gasteiger partial charge < -0.3 is 10.5 Å².